The predicted octanol–water partition coefficient (Wildman–Crippen LogP) is 4.54. The Hall–Kier alpha value is -3.60. The zero-order chi connectivity index (χ0) is 19.3. The lowest BCUT2D eigenvalue weighted by molar-refractivity contribution is 0.0434. The number of fused-ring (bicyclic) bond motifs is 2. The van der Waals surface area contributed by atoms with Crippen LogP contribution in [-0.4, -0.2) is 11.9 Å². The van der Waals surface area contributed by atoms with Crippen LogP contribution in [0.25, 0.3) is 0 Å². The highest BCUT2D eigenvalue weighted by Crippen LogP contribution is 2.38. The Kier molecular flexibility index (Phi) is 3.69. The average Bonchev–Trinajstić information content (AvgIpc) is 3.20. The molecule has 0 saturated heterocycles. The minimum Gasteiger partial charge on any atom is -0.449 e. The topological polar surface area (TPSA) is 64.6 Å². The number of aryl methyl sites for hydroxylation is 1. The zero-order valence-corrected chi connectivity index (χ0v) is 15.1. The van der Waals surface area contributed by atoms with Gasteiger partial charge in [-0.3, -0.25) is 0 Å². The van der Waals surface area contributed by atoms with E-state index in [0.717, 1.165) is 27.9 Å². The molecule has 2 aliphatic rings. The SMILES string of the molecule is Cc1cc(N[C@H]2OC(=O)c3ccccc32)ccc1[C@H]1OC(=O)c2ccccc21. The van der Waals surface area contributed by atoms with Gasteiger partial charge in [0.2, 0.25) is 6.23 Å². The van der Waals surface area contributed by atoms with Crippen molar-refractivity contribution in [1.29, 1.82) is 0 Å². The molecule has 1 N–H and O–H groups in total. The van der Waals surface area contributed by atoms with E-state index in [1.807, 2.05) is 61.5 Å². The van der Waals surface area contributed by atoms with Crippen molar-refractivity contribution >= 4 is 17.6 Å². The van der Waals surface area contributed by atoms with Crippen molar-refractivity contribution in [2.45, 2.75) is 19.3 Å². The fourth-order valence-corrected chi connectivity index (χ4v) is 3.84. The number of esters is 2. The van der Waals surface area contributed by atoms with Crippen molar-refractivity contribution in [2.75, 3.05) is 5.32 Å². The van der Waals surface area contributed by atoms with Crippen molar-refractivity contribution in [3.8, 4) is 0 Å². The van der Waals surface area contributed by atoms with Crippen LogP contribution >= 0.6 is 0 Å². The summed E-state index contributed by atoms with van der Waals surface area (Å²) in [6, 6.07) is 20.6. The molecule has 0 aliphatic carbocycles. The van der Waals surface area contributed by atoms with Crippen molar-refractivity contribution in [3.63, 3.8) is 0 Å². The molecule has 3 aromatic carbocycles. The van der Waals surface area contributed by atoms with E-state index in [1.165, 1.54) is 0 Å². The quantitative estimate of drug-likeness (QED) is 0.685. The van der Waals surface area contributed by atoms with Gasteiger partial charge < -0.3 is 14.8 Å². The highest BCUT2D eigenvalue weighted by atomic mass is 16.6. The molecule has 0 amide bonds. The lowest BCUT2D eigenvalue weighted by Crippen LogP contribution is -2.11. The van der Waals surface area contributed by atoms with Crippen LogP contribution in [0.5, 0.6) is 0 Å². The number of carbonyl (C=O) groups excluding carboxylic acids is 2. The molecule has 0 aromatic heterocycles. The van der Waals surface area contributed by atoms with Gasteiger partial charge in [0.25, 0.3) is 0 Å². The van der Waals surface area contributed by atoms with Crippen molar-refractivity contribution < 1.29 is 19.1 Å². The standard InChI is InChI=1S/C23H17NO4/c1-13-12-14(24-21-17-7-3-5-9-19(17)23(26)28-21)10-11-15(13)20-16-6-2-4-8-18(16)22(25)27-20/h2-12,20-21,24H,1H3/t20-,21+/m1/s1. The number of hydrogen-bond acceptors (Lipinski definition) is 5. The van der Waals surface area contributed by atoms with Gasteiger partial charge in [-0.05, 0) is 36.8 Å². The normalized spacial score (nSPS) is 19.6. The molecule has 0 fully saturated rings. The summed E-state index contributed by atoms with van der Waals surface area (Å²) in [7, 11) is 0. The molecule has 0 saturated carbocycles. The zero-order valence-electron chi connectivity index (χ0n) is 15.1. The Labute approximate surface area is 161 Å². The van der Waals surface area contributed by atoms with E-state index < -0.39 is 12.3 Å². The summed E-state index contributed by atoms with van der Waals surface area (Å²) in [5.41, 5.74) is 5.66. The molecule has 138 valence electrons. The summed E-state index contributed by atoms with van der Waals surface area (Å²) in [6.45, 7) is 1.98. The van der Waals surface area contributed by atoms with E-state index in [-0.39, 0.29) is 11.9 Å². The number of hydrogen-bond donors (Lipinski definition) is 1. The number of carbonyl (C=O) groups is 2. The third-order valence-corrected chi connectivity index (χ3v) is 5.23. The van der Waals surface area contributed by atoms with Gasteiger partial charge in [-0.15, -0.1) is 0 Å². The van der Waals surface area contributed by atoms with Gasteiger partial charge >= 0.3 is 11.9 Å². The number of cyclic esters (lactones) is 2. The Morgan fingerprint density at radius 2 is 1.39 bits per heavy atom. The maximum absolute atomic E-state index is 12.1. The molecule has 5 nitrogen and oxygen atoms in total. The Bertz CT molecular complexity index is 1120. The van der Waals surface area contributed by atoms with E-state index in [2.05, 4.69) is 5.32 Å². The molecule has 0 unspecified atom stereocenters. The second-order valence-corrected chi connectivity index (χ2v) is 6.96. The van der Waals surface area contributed by atoms with E-state index in [9.17, 15) is 9.59 Å². The highest BCUT2D eigenvalue weighted by Gasteiger charge is 2.33. The molecule has 2 atom stereocenters. The largest absolute Gasteiger partial charge is 0.449 e. The molecule has 2 aliphatic heterocycles. The maximum Gasteiger partial charge on any atom is 0.340 e. The van der Waals surface area contributed by atoms with Crippen molar-refractivity contribution in [1.82, 2.24) is 0 Å². The van der Waals surface area contributed by atoms with Crippen LogP contribution in [0.15, 0.2) is 66.7 Å². The highest BCUT2D eigenvalue weighted by molar-refractivity contribution is 5.95. The number of anilines is 1. The first kappa shape index (κ1) is 16.6. The monoisotopic (exact) mass is 371 g/mol. The molecule has 5 rings (SSSR count). The number of benzene rings is 3. The number of ether oxygens (including phenoxy) is 2. The van der Waals surface area contributed by atoms with E-state index in [4.69, 9.17) is 9.47 Å². The smallest absolute Gasteiger partial charge is 0.340 e. The van der Waals surface area contributed by atoms with Crippen molar-refractivity contribution in [3.05, 3.63) is 100 Å². The Balaban J connectivity index is 1.43. The van der Waals surface area contributed by atoms with Gasteiger partial charge in [-0.25, -0.2) is 9.59 Å². The average molecular weight is 371 g/mol. The fraction of sp³-hybridized carbons (Fsp3) is 0.130. The first-order valence-corrected chi connectivity index (χ1v) is 9.09. The van der Waals surface area contributed by atoms with Gasteiger partial charge in [0.05, 0.1) is 11.1 Å². The fourth-order valence-electron chi connectivity index (χ4n) is 3.84. The van der Waals surface area contributed by atoms with Crippen LogP contribution in [-0.2, 0) is 9.47 Å². The van der Waals surface area contributed by atoms with Gasteiger partial charge in [0.15, 0.2) is 6.10 Å². The van der Waals surface area contributed by atoms with Gasteiger partial charge in [-0.2, -0.15) is 0 Å². The molecular weight excluding hydrogens is 354 g/mol. The summed E-state index contributed by atoms with van der Waals surface area (Å²) < 4.78 is 11.1. The molecule has 0 bridgehead atoms. The lowest BCUT2D eigenvalue weighted by Gasteiger charge is -2.18. The Morgan fingerprint density at radius 1 is 0.750 bits per heavy atom. The summed E-state index contributed by atoms with van der Waals surface area (Å²) in [6.07, 6.45) is -0.915. The first-order chi connectivity index (χ1) is 13.6. The Morgan fingerprint density at radius 3 is 2.14 bits per heavy atom. The molecule has 2 heterocycles. The summed E-state index contributed by atoms with van der Waals surface area (Å²) in [5.74, 6) is -0.618. The second kappa shape index (κ2) is 6.23. The summed E-state index contributed by atoms with van der Waals surface area (Å²) in [5, 5.41) is 3.26. The summed E-state index contributed by atoms with van der Waals surface area (Å²) >= 11 is 0. The minimum absolute atomic E-state index is 0.295. The van der Waals surface area contributed by atoms with E-state index in [1.54, 1.807) is 12.1 Å². The number of rotatable bonds is 3. The lowest BCUT2D eigenvalue weighted by atomic mass is 9.95. The van der Waals surface area contributed by atoms with Gasteiger partial charge in [0.1, 0.15) is 0 Å². The molecule has 5 heteroatoms. The van der Waals surface area contributed by atoms with Gasteiger partial charge in [-0.1, -0.05) is 42.5 Å². The minimum atomic E-state index is -0.515. The van der Waals surface area contributed by atoms with E-state index >= 15 is 0 Å². The van der Waals surface area contributed by atoms with Crippen LogP contribution in [0.1, 0.15) is 55.3 Å². The third-order valence-electron chi connectivity index (χ3n) is 5.23. The van der Waals surface area contributed by atoms with Crippen LogP contribution < -0.4 is 5.32 Å². The second-order valence-electron chi connectivity index (χ2n) is 6.96. The number of nitrogens with one attached hydrogen (secondary N) is 1. The van der Waals surface area contributed by atoms with E-state index in [0.29, 0.717) is 11.1 Å². The molecule has 0 radical (unpaired) electrons. The molecule has 28 heavy (non-hydrogen) atoms. The third kappa shape index (κ3) is 2.55. The van der Waals surface area contributed by atoms with Crippen molar-refractivity contribution in [2.24, 2.45) is 0 Å². The van der Waals surface area contributed by atoms with Crippen LogP contribution in [0.2, 0.25) is 0 Å². The molecule has 3 aromatic rings. The van der Waals surface area contributed by atoms with Crippen LogP contribution in [0.3, 0.4) is 0 Å². The van der Waals surface area contributed by atoms with Crippen LogP contribution in [0.4, 0.5) is 5.69 Å². The maximum atomic E-state index is 12.1. The first-order valence-electron chi connectivity index (χ1n) is 9.09. The molecular formula is C23H17NO4. The molecule has 0 spiro atoms. The van der Waals surface area contributed by atoms with Crippen LogP contribution in [0, 0.1) is 6.92 Å². The summed E-state index contributed by atoms with van der Waals surface area (Å²) in [4.78, 5) is 24.1. The predicted molar refractivity (Wildman–Crippen MR) is 103 cm³/mol. The van der Waals surface area contributed by atoms with Gasteiger partial charge in [0, 0.05) is 22.4 Å².